The summed E-state index contributed by atoms with van der Waals surface area (Å²) in [6, 6.07) is 10.4. The van der Waals surface area contributed by atoms with E-state index in [1.807, 2.05) is 39.1 Å². The summed E-state index contributed by atoms with van der Waals surface area (Å²) in [4.78, 5) is 18.1. The van der Waals surface area contributed by atoms with Gasteiger partial charge >= 0.3 is 0 Å². The summed E-state index contributed by atoms with van der Waals surface area (Å²) in [5.74, 6) is -0.0633. The van der Waals surface area contributed by atoms with Crippen LogP contribution in [0.4, 0.5) is 0 Å². The van der Waals surface area contributed by atoms with E-state index < -0.39 is 5.54 Å². The minimum absolute atomic E-state index is 0.0495. The molecule has 2 N–H and O–H groups in total. The molecule has 0 saturated heterocycles. The molecular formula is C18H25N4OS+. The van der Waals surface area contributed by atoms with Crippen LogP contribution in [0.3, 0.4) is 0 Å². The average Bonchev–Trinajstić information content (AvgIpc) is 2.97. The van der Waals surface area contributed by atoms with Gasteiger partial charge in [0.2, 0.25) is 0 Å². The third-order valence-electron chi connectivity index (χ3n) is 4.65. The van der Waals surface area contributed by atoms with Crippen molar-refractivity contribution < 1.29 is 9.69 Å². The molecule has 0 aliphatic carbocycles. The Kier molecular flexibility index (Phi) is 5.58. The molecule has 2 rings (SSSR count). The Hall–Kier alpha value is -1.97. The highest BCUT2D eigenvalue weighted by atomic mass is 32.1. The molecule has 0 spiro atoms. The van der Waals surface area contributed by atoms with Gasteiger partial charge in [0, 0.05) is 0 Å². The number of quaternary nitrogens is 1. The molecule has 2 aromatic rings. The van der Waals surface area contributed by atoms with Crippen LogP contribution in [-0.2, 0) is 4.79 Å². The predicted molar refractivity (Wildman–Crippen MR) is 96.8 cm³/mol. The van der Waals surface area contributed by atoms with Crippen LogP contribution in [-0.4, -0.2) is 30.0 Å². The summed E-state index contributed by atoms with van der Waals surface area (Å²) < 4.78 is 1.16. The first kappa shape index (κ1) is 18.4. The first-order valence-electron chi connectivity index (χ1n) is 8.17. The maximum atomic E-state index is 12.3. The molecule has 0 saturated carbocycles. The SMILES string of the molecule is CC(C)[C@](C)(C#N)NC(=O)C[NH+](C)[C@@H](C)c1nc2ccccc2s1. The molecule has 0 aliphatic rings. The van der Waals surface area contributed by atoms with Crippen molar-refractivity contribution in [2.75, 3.05) is 13.6 Å². The van der Waals surface area contributed by atoms with E-state index in [1.165, 1.54) is 0 Å². The Labute approximate surface area is 147 Å². The Morgan fingerprint density at radius 1 is 1.42 bits per heavy atom. The van der Waals surface area contributed by atoms with Crippen LogP contribution in [0.1, 0.15) is 38.7 Å². The summed E-state index contributed by atoms with van der Waals surface area (Å²) in [6.45, 7) is 8.02. The van der Waals surface area contributed by atoms with Gasteiger partial charge in [-0.1, -0.05) is 26.0 Å². The van der Waals surface area contributed by atoms with Gasteiger partial charge in [-0.05, 0) is 31.9 Å². The molecule has 6 heteroatoms. The number of nitriles is 1. The molecule has 0 aliphatic heterocycles. The molecular weight excluding hydrogens is 320 g/mol. The lowest BCUT2D eigenvalue weighted by Crippen LogP contribution is -3.10. The van der Waals surface area contributed by atoms with Crippen LogP contribution in [0.5, 0.6) is 0 Å². The van der Waals surface area contributed by atoms with E-state index in [-0.39, 0.29) is 17.9 Å². The summed E-state index contributed by atoms with van der Waals surface area (Å²) in [5.41, 5.74) is 0.162. The number of fused-ring (bicyclic) bond motifs is 1. The lowest BCUT2D eigenvalue weighted by molar-refractivity contribution is -0.902. The van der Waals surface area contributed by atoms with Crippen LogP contribution in [0, 0.1) is 17.2 Å². The van der Waals surface area contributed by atoms with Crippen LogP contribution in [0.15, 0.2) is 24.3 Å². The van der Waals surface area contributed by atoms with Crippen molar-refractivity contribution in [3.05, 3.63) is 29.3 Å². The van der Waals surface area contributed by atoms with E-state index in [0.717, 1.165) is 20.1 Å². The number of rotatable bonds is 6. The maximum absolute atomic E-state index is 12.3. The van der Waals surface area contributed by atoms with Gasteiger partial charge in [-0.25, -0.2) is 4.98 Å². The second-order valence-corrected chi connectivity index (χ2v) is 7.84. The van der Waals surface area contributed by atoms with Crippen molar-refractivity contribution in [3.8, 4) is 6.07 Å². The zero-order valence-corrected chi connectivity index (χ0v) is 15.7. The van der Waals surface area contributed by atoms with Gasteiger partial charge < -0.3 is 10.2 Å². The van der Waals surface area contributed by atoms with Gasteiger partial charge in [0.05, 0.1) is 23.3 Å². The molecule has 1 aromatic heterocycles. The fraction of sp³-hybridized carbons (Fsp3) is 0.500. The smallest absolute Gasteiger partial charge is 0.276 e. The van der Waals surface area contributed by atoms with E-state index in [0.29, 0.717) is 6.54 Å². The predicted octanol–water partition coefficient (Wildman–Crippen LogP) is 1.93. The molecule has 1 aromatic carbocycles. The standard InChI is InChI=1S/C18H24N4OS/c1-12(2)18(4,11-19)21-16(23)10-22(5)13(3)17-20-14-8-6-7-9-15(14)24-17/h6-9,12-13H,10H2,1-5H3,(H,21,23)/p+1/t13-,18-/m0/s1. The van der Waals surface area contributed by atoms with Crippen LogP contribution in [0.2, 0.25) is 0 Å². The normalized spacial score (nSPS) is 16.4. The number of para-hydroxylation sites is 1. The Morgan fingerprint density at radius 2 is 2.08 bits per heavy atom. The summed E-state index contributed by atoms with van der Waals surface area (Å²) in [7, 11) is 1.98. The number of nitrogens with zero attached hydrogens (tertiary/aromatic N) is 2. The van der Waals surface area contributed by atoms with Crippen LogP contribution in [0.25, 0.3) is 10.2 Å². The fourth-order valence-corrected chi connectivity index (χ4v) is 3.44. The van der Waals surface area contributed by atoms with Crippen LogP contribution < -0.4 is 10.2 Å². The maximum Gasteiger partial charge on any atom is 0.276 e. The number of hydrogen-bond acceptors (Lipinski definition) is 4. The van der Waals surface area contributed by atoms with Crippen molar-refractivity contribution in [2.45, 2.75) is 39.3 Å². The summed E-state index contributed by atoms with van der Waals surface area (Å²) in [5, 5.41) is 13.2. The molecule has 128 valence electrons. The number of carbonyl (C=O) groups is 1. The van der Waals surface area contributed by atoms with Crippen molar-refractivity contribution in [2.24, 2.45) is 5.92 Å². The molecule has 0 fully saturated rings. The van der Waals surface area contributed by atoms with Gasteiger partial charge in [0.15, 0.2) is 11.6 Å². The third kappa shape index (κ3) is 3.92. The van der Waals surface area contributed by atoms with Gasteiger partial charge in [-0.2, -0.15) is 5.26 Å². The van der Waals surface area contributed by atoms with Crippen LogP contribution >= 0.6 is 11.3 Å². The number of aromatic nitrogens is 1. The molecule has 1 unspecified atom stereocenters. The number of carbonyl (C=O) groups excluding carboxylic acids is 1. The Bertz CT molecular complexity index is 731. The average molecular weight is 345 g/mol. The van der Waals surface area contributed by atoms with Gasteiger partial charge in [-0.15, -0.1) is 11.3 Å². The molecule has 5 nitrogen and oxygen atoms in total. The lowest BCUT2D eigenvalue weighted by Gasteiger charge is -2.28. The van der Waals surface area contributed by atoms with E-state index in [4.69, 9.17) is 0 Å². The third-order valence-corrected chi connectivity index (χ3v) is 5.86. The molecule has 24 heavy (non-hydrogen) atoms. The second kappa shape index (κ2) is 7.29. The Morgan fingerprint density at radius 3 is 2.67 bits per heavy atom. The highest BCUT2D eigenvalue weighted by Crippen LogP contribution is 2.24. The number of thiazole rings is 1. The van der Waals surface area contributed by atoms with Gasteiger partial charge in [0.1, 0.15) is 11.6 Å². The quantitative estimate of drug-likeness (QED) is 0.840. The molecule has 3 atom stereocenters. The lowest BCUT2D eigenvalue weighted by atomic mass is 9.90. The van der Waals surface area contributed by atoms with Crippen molar-refractivity contribution >= 4 is 27.5 Å². The van der Waals surface area contributed by atoms with Gasteiger partial charge in [-0.3, -0.25) is 4.79 Å². The molecule has 0 radical (unpaired) electrons. The highest BCUT2D eigenvalue weighted by Gasteiger charge is 2.31. The summed E-state index contributed by atoms with van der Waals surface area (Å²) >= 11 is 1.67. The number of likely N-dealkylation sites (N-methyl/N-ethyl adjacent to an activating group) is 1. The first-order valence-corrected chi connectivity index (χ1v) is 8.98. The van der Waals surface area contributed by atoms with Crippen molar-refractivity contribution in [1.29, 1.82) is 5.26 Å². The minimum atomic E-state index is -0.837. The zero-order chi connectivity index (χ0) is 17.9. The second-order valence-electron chi connectivity index (χ2n) is 6.78. The van der Waals surface area contributed by atoms with Crippen molar-refractivity contribution in [1.82, 2.24) is 10.3 Å². The first-order chi connectivity index (χ1) is 11.3. The van der Waals surface area contributed by atoms with Gasteiger partial charge in [0.25, 0.3) is 5.91 Å². The molecule has 1 amide bonds. The number of hydrogen-bond donors (Lipinski definition) is 2. The Balaban J connectivity index is 2.04. The van der Waals surface area contributed by atoms with E-state index in [1.54, 1.807) is 18.3 Å². The topological polar surface area (TPSA) is 70.2 Å². The van der Waals surface area contributed by atoms with Crippen molar-refractivity contribution in [3.63, 3.8) is 0 Å². The van der Waals surface area contributed by atoms with E-state index >= 15 is 0 Å². The number of amides is 1. The molecule has 0 bridgehead atoms. The minimum Gasteiger partial charge on any atom is -0.333 e. The zero-order valence-electron chi connectivity index (χ0n) is 14.9. The van der Waals surface area contributed by atoms with E-state index in [9.17, 15) is 10.1 Å². The number of nitrogens with one attached hydrogen (secondary N) is 2. The summed E-state index contributed by atoms with van der Waals surface area (Å²) in [6.07, 6.45) is 0. The number of benzene rings is 1. The fourth-order valence-electron chi connectivity index (χ4n) is 2.33. The largest absolute Gasteiger partial charge is 0.333 e. The monoisotopic (exact) mass is 345 g/mol. The van der Waals surface area contributed by atoms with E-state index in [2.05, 4.69) is 29.4 Å². The molecule has 1 heterocycles. The highest BCUT2D eigenvalue weighted by molar-refractivity contribution is 7.18.